The van der Waals surface area contributed by atoms with Gasteiger partial charge >= 0.3 is 0 Å². The molecule has 2 heterocycles. The van der Waals surface area contributed by atoms with Gasteiger partial charge in [0.2, 0.25) is 0 Å². The van der Waals surface area contributed by atoms with Crippen LogP contribution in [0.3, 0.4) is 0 Å². The summed E-state index contributed by atoms with van der Waals surface area (Å²) in [5.74, 6) is 0.575. The number of carbonyl (C=O) groups excluding carboxylic acids is 1. The Labute approximate surface area is 136 Å². The Bertz CT molecular complexity index is 603. The molecule has 1 aromatic rings. The summed E-state index contributed by atoms with van der Waals surface area (Å²) in [6.45, 7) is 5.38. The molecule has 1 aromatic carbocycles. The summed E-state index contributed by atoms with van der Waals surface area (Å²) in [4.78, 5) is 27.4. The molecule has 3 rings (SSSR count). The molecular weight excluding hydrogens is 294 g/mol. The molecule has 0 radical (unpaired) electrons. The van der Waals surface area contributed by atoms with E-state index in [-0.39, 0.29) is 16.5 Å². The van der Waals surface area contributed by atoms with Crippen molar-refractivity contribution in [3.05, 3.63) is 33.9 Å². The largest absolute Gasteiger partial charge is 0.366 e. The van der Waals surface area contributed by atoms with E-state index in [0.29, 0.717) is 17.2 Å². The van der Waals surface area contributed by atoms with Crippen molar-refractivity contribution in [2.45, 2.75) is 32.6 Å². The van der Waals surface area contributed by atoms with Gasteiger partial charge in [0.1, 0.15) is 5.69 Å². The third kappa shape index (κ3) is 3.30. The fourth-order valence-electron chi connectivity index (χ4n) is 3.42. The van der Waals surface area contributed by atoms with Crippen LogP contribution in [0.5, 0.6) is 0 Å². The maximum Gasteiger partial charge on any atom is 0.293 e. The van der Waals surface area contributed by atoms with Crippen molar-refractivity contribution in [2.75, 3.05) is 31.1 Å². The Morgan fingerprint density at radius 1 is 1.17 bits per heavy atom. The van der Waals surface area contributed by atoms with Crippen LogP contribution in [0.1, 0.15) is 43.0 Å². The highest BCUT2D eigenvalue weighted by Gasteiger charge is 2.26. The maximum atomic E-state index is 12.4. The molecule has 2 aliphatic rings. The fraction of sp³-hybridized carbons (Fsp3) is 0.588. The first-order valence-electron chi connectivity index (χ1n) is 8.39. The van der Waals surface area contributed by atoms with Crippen LogP contribution in [0.25, 0.3) is 0 Å². The molecule has 0 N–H and O–H groups in total. The first kappa shape index (κ1) is 15.8. The first-order valence-corrected chi connectivity index (χ1v) is 8.39. The van der Waals surface area contributed by atoms with E-state index in [9.17, 15) is 14.9 Å². The summed E-state index contributed by atoms with van der Waals surface area (Å²) in [7, 11) is 0. The second-order valence-corrected chi connectivity index (χ2v) is 6.63. The monoisotopic (exact) mass is 317 g/mol. The molecule has 124 valence electrons. The molecule has 2 saturated heterocycles. The van der Waals surface area contributed by atoms with Gasteiger partial charge in [0, 0.05) is 37.8 Å². The van der Waals surface area contributed by atoms with E-state index in [1.165, 1.54) is 6.07 Å². The Kier molecular flexibility index (Phi) is 4.50. The molecule has 0 aliphatic carbocycles. The minimum Gasteiger partial charge on any atom is -0.366 e. The molecule has 2 aliphatic heterocycles. The quantitative estimate of drug-likeness (QED) is 0.635. The van der Waals surface area contributed by atoms with E-state index in [4.69, 9.17) is 0 Å². The lowest BCUT2D eigenvalue weighted by Gasteiger charge is -2.31. The van der Waals surface area contributed by atoms with Crippen LogP contribution in [-0.2, 0) is 0 Å². The number of benzene rings is 1. The van der Waals surface area contributed by atoms with Crippen molar-refractivity contribution in [2.24, 2.45) is 5.92 Å². The highest BCUT2D eigenvalue weighted by atomic mass is 16.6. The minimum atomic E-state index is -0.367. The first-order chi connectivity index (χ1) is 11.1. The topological polar surface area (TPSA) is 66.7 Å². The summed E-state index contributed by atoms with van der Waals surface area (Å²) in [5, 5.41) is 11.5. The van der Waals surface area contributed by atoms with Gasteiger partial charge in [-0.15, -0.1) is 0 Å². The van der Waals surface area contributed by atoms with Crippen LogP contribution < -0.4 is 4.90 Å². The van der Waals surface area contributed by atoms with Gasteiger partial charge in [0.15, 0.2) is 0 Å². The highest BCUT2D eigenvalue weighted by Crippen LogP contribution is 2.32. The Hall–Kier alpha value is -2.11. The normalized spacial score (nSPS) is 19.2. The summed E-state index contributed by atoms with van der Waals surface area (Å²) < 4.78 is 0. The van der Waals surface area contributed by atoms with E-state index in [2.05, 4.69) is 11.8 Å². The van der Waals surface area contributed by atoms with E-state index >= 15 is 0 Å². The molecule has 1 amide bonds. The standard InChI is InChI=1S/C17H23N3O3/c1-13-6-10-18(11-7-13)15-5-4-14(12-16(15)20(22)23)17(21)19-8-2-3-9-19/h4-5,12-13H,2-3,6-11H2,1H3. The lowest BCUT2D eigenvalue weighted by Crippen LogP contribution is -2.33. The van der Waals surface area contributed by atoms with Crippen molar-refractivity contribution in [1.82, 2.24) is 4.90 Å². The minimum absolute atomic E-state index is 0.0459. The number of hydrogen-bond acceptors (Lipinski definition) is 4. The van der Waals surface area contributed by atoms with Gasteiger partial charge in [-0.1, -0.05) is 6.92 Å². The lowest BCUT2D eigenvalue weighted by atomic mass is 9.98. The van der Waals surface area contributed by atoms with Gasteiger partial charge in [0.25, 0.3) is 11.6 Å². The summed E-state index contributed by atoms with van der Waals surface area (Å²) in [6.07, 6.45) is 4.12. The molecule has 6 heteroatoms. The molecule has 0 atom stereocenters. The molecule has 23 heavy (non-hydrogen) atoms. The molecule has 6 nitrogen and oxygen atoms in total. The second-order valence-electron chi connectivity index (χ2n) is 6.63. The molecule has 0 saturated carbocycles. The van der Waals surface area contributed by atoms with Crippen molar-refractivity contribution in [3.63, 3.8) is 0 Å². The van der Waals surface area contributed by atoms with Crippen LogP contribution in [-0.4, -0.2) is 41.9 Å². The molecule has 0 bridgehead atoms. The van der Waals surface area contributed by atoms with Crippen molar-refractivity contribution < 1.29 is 9.72 Å². The summed E-state index contributed by atoms with van der Waals surface area (Å²) in [5.41, 5.74) is 1.11. The van der Waals surface area contributed by atoms with E-state index in [1.54, 1.807) is 17.0 Å². The Morgan fingerprint density at radius 3 is 2.43 bits per heavy atom. The van der Waals surface area contributed by atoms with Gasteiger partial charge < -0.3 is 9.80 Å². The smallest absolute Gasteiger partial charge is 0.293 e. The maximum absolute atomic E-state index is 12.4. The molecule has 2 fully saturated rings. The number of rotatable bonds is 3. The van der Waals surface area contributed by atoms with Crippen molar-refractivity contribution >= 4 is 17.3 Å². The average molecular weight is 317 g/mol. The van der Waals surface area contributed by atoms with Crippen molar-refractivity contribution in [1.29, 1.82) is 0 Å². The number of nitro groups is 1. The number of amides is 1. The van der Waals surface area contributed by atoms with Gasteiger partial charge in [-0.3, -0.25) is 14.9 Å². The lowest BCUT2D eigenvalue weighted by molar-refractivity contribution is -0.384. The Balaban J connectivity index is 1.86. The highest BCUT2D eigenvalue weighted by molar-refractivity contribution is 5.96. The number of nitro benzene ring substituents is 1. The van der Waals surface area contributed by atoms with Crippen LogP contribution in [0.4, 0.5) is 11.4 Å². The second kappa shape index (κ2) is 6.56. The predicted molar refractivity (Wildman–Crippen MR) is 88.8 cm³/mol. The average Bonchev–Trinajstić information content (AvgIpc) is 3.09. The molecule has 0 unspecified atom stereocenters. The molecule has 0 aromatic heterocycles. The summed E-state index contributed by atoms with van der Waals surface area (Å²) in [6, 6.07) is 4.94. The van der Waals surface area contributed by atoms with Crippen LogP contribution in [0.15, 0.2) is 18.2 Å². The van der Waals surface area contributed by atoms with Crippen molar-refractivity contribution in [3.8, 4) is 0 Å². The number of piperidine rings is 1. The third-order valence-corrected chi connectivity index (χ3v) is 4.94. The number of likely N-dealkylation sites (tertiary alicyclic amines) is 1. The third-order valence-electron chi connectivity index (χ3n) is 4.94. The SMILES string of the molecule is CC1CCN(c2ccc(C(=O)N3CCCC3)cc2[N+](=O)[O-])CC1. The van der Waals surface area contributed by atoms with Crippen LogP contribution in [0, 0.1) is 16.0 Å². The van der Waals surface area contributed by atoms with Crippen LogP contribution >= 0.6 is 0 Å². The van der Waals surface area contributed by atoms with E-state index in [1.807, 2.05) is 0 Å². The Morgan fingerprint density at radius 2 is 1.83 bits per heavy atom. The van der Waals surface area contributed by atoms with E-state index < -0.39 is 0 Å². The number of carbonyl (C=O) groups is 1. The number of anilines is 1. The number of hydrogen-bond donors (Lipinski definition) is 0. The summed E-state index contributed by atoms with van der Waals surface area (Å²) >= 11 is 0. The zero-order valence-corrected chi connectivity index (χ0v) is 13.5. The zero-order valence-electron chi connectivity index (χ0n) is 13.5. The molecule has 0 spiro atoms. The van der Waals surface area contributed by atoms with Gasteiger partial charge in [-0.2, -0.15) is 0 Å². The predicted octanol–water partition coefficient (Wildman–Crippen LogP) is 3.07. The van der Waals surface area contributed by atoms with Gasteiger partial charge in [0.05, 0.1) is 4.92 Å². The number of nitrogens with zero attached hydrogens (tertiary/aromatic N) is 3. The zero-order chi connectivity index (χ0) is 16.4. The van der Waals surface area contributed by atoms with Gasteiger partial charge in [-0.05, 0) is 43.7 Å². The van der Waals surface area contributed by atoms with E-state index in [0.717, 1.165) is 51.9 Å². The van der Waals surface area contributed by atoms with Crippen LogP contribution in [0.2, 0.25) is 0 Å². The fourth-order valence-corrected chi connectivity index (χ4v) is 3.42. The molecular formula is C17H23N3O3. The van der Waals surface area contributed by atoms with Gasteiger partial charge in [-0.25, -0.2) is 0 Å².